The van der Waals surface area contributed by atoms with Crippen molar-refractivity contribution in [3.05, 3.63) is 35.9 Å². The molecule has 1 aliphatic heterocycles. The largest absolute Gasteiger partial charge is 0.497 e. The van der Waals surface area contributed by atoms with Crippen molar-refractivity contribution in [2.24, 2.45) is 0 Å². The first-order valence-corrected chi connectivity index (χ1v) is 5.94. The lowest BCUT2D eigenvalue weighted by atomic mass is 10.3. The Bertz CT molecular complexity index is 358. The van der Waals surface area contributed by atoms with Crippen molar-refractivity contribution >= 4 is 17.6 Å². The van der Waals surface area contributed by atoms with E-state index >= 15 is 0 Å². The quantitative estimate of drug-likeness (QED) is 0.562. The summed E-state index contributed by atoms with van der Waals surface area (Å²) in [6.45, 7) is 3.17. The van der Waals surface area contributed by atoms with E-state index in [0.717, 1.165) is 18.0 Å². The molecule has 3 heteroatoms. The fraction of sp³-hybridized carbons (Fsp3) is 0.333. The first-order chi connectivity index (χ1) is 7.29. The van der Waals surface area contributed by atoms with E-state index in [1.807, 2.05) is 24.1 Å². The zero-order valence-electron chi connectivity index (χ0n) is 9.06. The molecule has 0 amide bonds. The Balaban J connectivity index is 2.10. The average Bonchev–Trinajstić information content (AvgIpc) is 2.30. The zero-order valence-corrected chi connectivity index (χ0v) is 9.88. The van der Waals surface area contributed by atoms with Crippen LogP contribution in [0.15, 0.2) is 35.9 Å². The molecule has 0 atom stereocenters. The van der Waals surface area contributed by atoms with Crippen LogP contribution >= 0.6 is 11.9 Å². The molecule has 1 heterocycles. The van der Waals surface area contributed by atoms with Crippen LogP contribution in [0.25, 0.3) is 0 Å². The second-order valence-electron chi connectivity index (χ2n) is 3.58. The first-order valence-electron chi connectivity index (χ1n) is 5.00. The van der Waals surface area contributed by atoms with Crippen LogP contribution in [-0.4, -0.2) is 19.4 Å². The van der Waals surface area contributed by atoms with E-state index in [2.05, 4.69) is 29.4 Å². The van der Waals surface area contributed by atoms with Gasteiger partial charge in [0, 0.05) is 18.0 Å². The predicted molar refractivity (Wildman–Crippen MR) is 66.6 cm³/mol. The van der Waals surface area contributed by atoms with Gasteiger partial charge in [0.05, 0.1) is 7.11 Å². The molecule has 0 radical (unpaired) electrons. The van der Waals surface area contributed by atoms with Crippen LogP contribution in [0.2, 0.25) is 0 Å². The van der Waals surface area contributed by atoms with Crippen LogP contribution in [0.1, 0.15) is 6.92 Å². The van der Waals surface area contributed by atoms with Crippen LogP contribution in [-0.2, 0) is 0 Å². The normalized spacial score (nSPS) is 16.1. The molecular formula is C12H15NOS. The molecular weight excluding hydrogens is 206 g/mol. The predicted octanol–water partition coefficient (Wildman–Crippen LogP) is 3.11. The molecule has 1 aromatic rings. The zero-order chi connectivity index (χ0) is 10.7. The van der Waals surface area contributed by atoms with Crippen LogP contribution in [0.3, 0.4) is 0 Å². The van der Waals surface area contributed by atoms with Crippen molar-refractivity contribution in [1.82, 2.24) is 0 Å². The lowest BCUT2D eigenvalue weighted by Gasteiger charge is -2.26. The summed E-state index contributed by atoms with van der Waals surface area (Å²) in [5, 5.41) is 0. The summed E-state index contributed by atoms with van der Waals surface area (Å²) in [4.78, 5) is 0. The molecule has 2 nitrogen and oxygen atoms in total. The van der Waals surface area contributed by atoms with Gasteiger partial charge in [-0.15, -0.1) is 0 Å². The van der Waals surface area contributed by atoms with Crippen molar-refractivity contribution in [3.8, 4) is 5.75 Å². The molecule has 0 saturated heterocycles. The summed E-state index contributed by atoms with van der Waals surface area (Å²) in [7, 11) is 1.69. The van der Waals surface area contributed by atoms with Crippen LogP contribution in [0, 0.1) is 0 Å². The lowest BCUT2D eigenvalue weighted by molar-refractivity contribution is 0.415. The van der Waals surface area contributed by atoms with Gasteiger partial charge in [0.15, 0.2) is 0 Å². The highest BCUT2D eigenvalue weighted by Crippen LogP contribution is 2.28. The SMILES string of the molecule is COc1ccc(N2CC=C(C)CS2)cc1. The highest BCUT2D eigenvalue weighted by atomic mass is 32.2. The minimum Gasteiger partial charge on any atom is -0.497 e. The topological polar surface area (TPSA) is 12.5 Å². The molecule has 0 unspecified atom stereocenters. The van der Waals surface area contributed by atoms with E-state index < -0.39 is 0 Å². The van der Waals surface area contributed by atoms with Gasteiger partial charge in [-0.25, -0.2) is 0 Å². The molecule has 0 N–H and O–H groups in total. The standard InChI is InChI=1S/C12H15NOS/c1-10-7-8-13(15-9-10)11-3-5-12(14-2)6-4-11/h3-7H,8-9H2,1-2H3. The van der Waals surface area contributed by atoms with Gasteiger partial charge in [-0.05, 0) is 43.1 Å². The molecule has 2 rings (SSSR count). The smallest absolute Gasteiger partial charge is 0.119 e. The molecule has 0 fully saturated rings. The Morgan fingerprint density at radius 2 is 2.00 bits per heavy atom. The van der Waals surface area contributed by atoms with Gasteiger partial charge >= 0.3 is 0 Å². The Morgan fingerprint density at radius 1 is 1.27 bits per heavy atom. The van der Waals surface area contributed by atoms with Gasteiger partial charge in [0.2, 0.25) is 0 Å². The maximum absolute atomic E-state index is 5.14. The van der Waals surface area contributed by atoms with Gasteiger partial charge in [-0.3, -0.25) is 0 Å². The second-order valence-corrected chi connectivity index (χ2v) is 4.57. The highest BCUT2D eigenvalue weighted by Gasteiger charge is 2.10. The van der Waals surface area contributed by atoms with Gasteiger partial charge in [0.25, 0.3) is 0 Å². The molecule has 0 aromatic heterocycles. The number of hydrogen-bond acceptors (Lipinski definition) is 3. The Labute approximate surface area is 95.1 Å². The fourth-order valence-corrected chi connectivity index (χ4v) is 2.39. The maximum Gasteiger partial charge on any atom is 0.119 e. The summed E-state index contributed by atoms with van der Waals surface area (Å²) in [5.74, 6) is 2.00. The summed E-state index contributed by atoms with van der Waals surface area (Å²) in [5.41, 5.74) is 2.70. The van der Waals surface area contributed by atoms with E-state index in [1.54, 1.807) is 7.11 Å². The monoisotopic (exact) mass is 221 g/mol. The van der Waals surface area contributed by atoms with E-state index in [-0.39, 0.29) is 0 Å². The fourth-order valence-electron chi connectivity index (χ4n) is 1.46. The molecule has 0 bridgehead atoms. The van der Waals surface area contributed by atoms with E-state index in [1.165, 1.54) is 11.3 Å². The third kappa shape index (κ3) is 2.48. The maximum atomic E-state index is 5.14. The number of anilines is 1. The first kappa shape index (κ1) is 10.4. The van der Waals surface area contributed by atoms with Gasteiger partial charge in [-0.1, -0.05) is 11.6 Å². The third-order valence-electron chi connectivity index (χ3n) is 2.41. The van der Waals surface area contributed by atoms with Crippen LogP contribution in [0.5, 0.6) is 5.75 Å². The third-order valence-corrected chi connectivity index (χ3v) is 3.67. The number of nitrogens with zero attached hydrogens (tertiary/aromatic N) is 1. The van der Waals surface area contributed by atoms with Crippen LogP contribution in [0.4, 0.5) is 5.69 Å². The van der Waals surface area contributed by atoms with Gasteiger partial charge in [-0.2, -0.15) is 0 Å². The molecule has 0 saturated carbocycles. The van der Waals surface area contributed by atoms with E-state index in [9.17, 15) is 0 Å². The van der Waals surface area contributed by atoms with Crippen molar-refractivity contribution in [3.63, 3.8) is 0 Å². The van der Waals surface area contributed by atoms with Crippen molar-refractivity contribution in [1.29, 1.82) is 0 Å². The number of benzene rings is 1. The van der Waals surface area contributed by atoms with Gasteiger partial charge in [0.1, 0.15) is 5.75 Å². The summed E-state index contributed by atoms with van der Waals surface area (Å²) >= 11 is 1.86. The average molecular weight is 221 g/mol. The Morgan fingerprint density at radius 3 is 2.53 bits per heavy atom. The molecule has 1 aromatic carbocycles. The Hall–Kier alpha value is -1.09. The summed E-state index contributed by atoms with van der Waals surface area (Å²) in [6.07, 6.45) is 2.28. The highest BCUT2D eigenvalue weighted by molar-refractivity contribution is 8.00. The van der Waals surface area contributed by atoms with Crippen molar-refractivity contribution in [2.75, 3.05) is 23.7 Å². The minimum atomic E-state index is 0.910. The number of hydrogen-bond donors (Lipinski definition) is 0. The van der Waals surface area contributed by atoms with E-state index in [0.29, 0.717) is 0 Å². The van der Waals surface area contributed by atoms with Crippen LogP contribution < -0.4 is 9.04 Å². The summed E-state index contributed by atoms with van der Waals surface area (Å²) in [6, 6.07) is 8.20. The second kappa shape index (κ2) is 4.62. The van der Waals surface area contributed by atoms with Crippen molar-refractivity contribution in [2.45, 2.75) is 6.92 Å². The molecule has 0 aliphatic carbocycles. The molecule has 0 spiro atoms. The van der Waals surface area contributed by atoms with E-state index in [4.69, 9.17) is 4.74 Å². The summed E-state index contributed by atoms with van der Waals surface area (Å²) < 4.78 is 7.43. The molecule has 1 aliphatic rings. The van der Waals surface area contributed by atoms with Gasteiger partial charge < -0.3 is 9.04 Å². The lowest BCUT2D eigenvalue weighted by Crippen LogP contribution is -2.19. The minimum absolute atomic E-state index is 0.910. The number of methoxy groups -OCH3 is 1. The molecule has 15 heavy (non-hydrogen) atoms. The Kier molecular flexibility index (Phi) is 3.21. The molecule has 80 valence electrons. The van der Waals surface area contributed by atoms with Crippen molar-refractivity contribution < 1.29 is 4.74 Å². The number of rotatable bonds is 2. The number of ether oxygens (including phenoxy) is 1.